The molecule has 14 nitrogen and oxygen atoms in total. The van der Waals surface area contributed by atoms with Gasteiger partial charge in [-0.15, -0.1) is 10.2 Å². The molecule has 266 valence electrons. The van der Waals surface area contributed by atoms with Crippen molar-refractivity contribution < 1.29 is 90.4 Å². The number of benzene rings is 7. The Kier molecular flexibility index (Phi) is 13.4. The monoisotopic (exact) mass is 813 g/mol. The molecule has 6 N–H and O–H groups in total. The normalized spacial score (nSPS) is 11.3. The first-order valence-corrected chi connectivity index (χ1v) is 16.8. The summed E-state index contributed by atoms with van der Waals surface area (Å²) in [5, 5.41) is 69.5. The van der Waals surface area contributed by atoms with E-state index in [1.54, 1.807) is 48.5 Å². The number of phenolic OH excluding ortho intramolecular Hbond substituents is 4. The van der Waals surface area contributed by atoms with Gasteiger partial charge in [0.1, 0.15) is 38.5 Å². The van der Waals surface area contributed by atoms with E-state index >= 15 is 0 Å². The van der Waals surface area contributed by atoms with Gasteiger partial charge in [-0.1, -0.05) is 95.6 Å². The molecule has 0 aliphatic rings. The zero-order valence-electron chi connectivity index (χ0n) is 27.8. The predicted molar refractivity (Wildman–Crippen MR) is 193 cm³/mol. The maximum Gasteiger partial charge on any atom is 1.00 e. The first-order valence-electron chi connectivity index (χ1n) is 15.0. The van der Waals surface area contributed by atoms with E-state index in [9.17, 15) is 43.5 Å². The standard InChI is InChI=1S/C20H14N2O5S.C16H10ClN3O4.Cr.Na/c23-16-10-9-12-5-1-2-6-13(12)19(16)21-22-20-15-8-4-3-7-14(15)18(11-17(20)24)28(25,26)27;17-11-7-12(15(22)8-13(11)20(23)24)18-19-16-10-4-2-1-3-9(10)5-6-14(16)21;;/h1-11,23-24H,(H,25,26,27);1-8,21-22H;;/q;;;+1/p+1. The maximum absolute atomic E-state index is 11.6. The molecule has 54 heavy (non-hydrogen) atoms. The van der Waals surface area contributed by atoms with Gasteiger partial charge in [-0.25, -0.2) is 0 Å². The molecule has 7 rings (SSSR count). The number of halogens is 1. The third-order valence-electron chi connectivity index (χ3n) is 7.80. The van der Waals surface area contributed by atoms with Crippen molar-refractivity contribution in [3.05, 3.63) is 130 Å². The van der Waals surface area contributed by atoms with E-state index in [1.807, 2.05) is 30.3 Å². The molecule has 18 heteroatoms. The van der Waals surface area contributed by atoms with Crippen molar-refractivity contribution in [1.82, 2.24) is 0 Å². The third-order valence-corrected chi connectivity index (χ3v) is 9.00. The van der Waals surface area contributed by atoms with Gasteiger partial charge in [0.2, 0.25) is 0 Å². The molecule has 0 bridgehead atoms. The van der Waals surface area contributed by atoms with E-state index in [0.717, 1.165) is 29.0 Å². The molecule has 0 saturated carbocycles. The number of aromatic hydroxyl groups is 4. The summed E-state index contributed by atoms with van der Waals surface area (Å²) in [6.07, 6.45) is 0. The number of nitrogens with one attached hydrogen (secondary N) is 1. The van der Waals surface area contributed by atoms with Crippen LogP contribution in [-0.2, 0) is 27.5 Å². The Morgan fingerprint density at radius 3 is 1.74 bits per heavy atom. The fourth-order valence-corrected chi connectivity index (χ4v) is 6.29. The van der Waals surface area contributed by atoms with Crippen molar-refractivity contribution in [2.75, 3.05) is 0 Å². The van der Waals surface area contributed by atoms with Gasteiger partial charge in [0.05, 0.1) is 16.4 Å². The van der Waals surface area contributed by atoms with Crippen molar-refractivity contribution in [1.29, 1.82) is 0 Å². The number of phenols is 4. The minimum absolute atomic E-state index is 0. The van der Waals surface area contributed by atoms with Gasteiger partial charge >= 0.3 is 29.6 Å². The minimum Gasteiger partial charge on any atom is -0.506 e. The van der Waals surface area contributed by atoms with Crippen LogP contribution in [0.1, 0.15) is 0 Å². The SMILES string of the molecule is O=S(=O)(O)c1cc(O)c([NH+]=Nc2c(O)ccc3ccccc23)c2ccccc12.O=[N+]([O-])c1cc(O)c(N=Nc2c(O)ccc3ccccc23)cc1Cl.[Cr].[Na+]. The van der Waals surface area contributed by atoms with E-state index in [4.69, 9.17) is 11.6 Å². The average Bonchev–Trinajstić information content (AvgIpc) is 3.12. The van der Waals surface area contributed by atoms with Crippen LogP contribution in [-0.4, -0.2) is 38.3 Å². The topological polar surface area (TPSA) is 229 Å². The fraction of sp³-hybridized carbons (Fsp3) is 0. The zero-order chi connectivity index (χ0) is 37.2. The van der Waals surface area contributed by atoms with Crippen molar-refractivity contribution in [2.24, 2.45) is 15.3 Å². The number of rotatable bonds is 6. The van der Waals surface area contributed by atoms with E-state index in [1.165, 1.54) is 18.2 Å². The molecule has 7 aromatic rings. The second-order valence-electron chi connectivity index (χ2n) is 11.1. The van der Waals surface area contributed by atoms with Gasteiger partial charge in [0.25, 0.3) is 21.5 Å². The average molecular weight is 814 g/mol. The molecule has 0 amide bonds. The molecule has 0 saturated heterocycles. The van der Waals surface area contributed by atoms with Crippen LogP contribution in [0.2, 0.25) is 5.02 Å². The van der Waals surface area contributed by atoms with Crippen LogP contribution < -0.4 is 34.7 Å². The van der Waals surface area contributed by atoms with Crippen LogP contribution in [0.3, 0.4) is 0 Å². The van der Waals surface area contributed by atoms with Crippen LogP contribution in [0, 0.1) is 10.1 Å². The van der Waals surface area contributed by atoms with E-state index < -0.39 is 37.1 Å². The molecule has 0 aliphatic carbocycles. The Bertz CT molecular complexity index is 2740. The quantitative estimate of drug-likeness (QED) is 0.0316. The second-order valence-corrected chi connectivity index (χ2v) is 12.9. The Morgan fingerprint density at radius 2 is 1.17 bits per heavy atom. The molecule has 0 spiro atoms. The molecular formula is C36H25ClCrN5NaO9S+2. The summed E-state index contributed by atoms with van der Waals surface area (Å²) >= 11 is 5.80. The molecule has 7 aromatic carbocycles. The second kappa shape index (κ2) is 17.3. The van der Waals surface area contributed by atoms with Gasteiger partial charge in [0.15, 0.2) is 11.4 Å². The van der Waals surface area contributed by atoms with E-state index in [0.29, 0.717) is 16.2 Å². The van der Waals surface area contributed by atoms with Gasteiger partial charge in [0, 0.05) is 44.7 Å². The van der Waals surface area contributed by atoms with Crippen molar-refractivity contribution in [2.45, 2.75) is 4.90 Å². The largest absolute Gasteiger partial charge is 1.00 e. The molecule has 0 atom stereocenters. The van der Waals surface area contributed by atoms with Crippen LogP contribution in [0.4, 0.5) is 28.4 Å². The van der Waals surface area contributed by atoms with Crippen LogP contribution >= 0.6 is 11.6 Å². The summed E-state index contributed by atoms with van der Waals surface area (Å²) < 4.78 is 32.7. The van der Waals surface area contributed by atoms with Gasteiger partial charge in [-0.05, 0) is 35.0 Å². The summed E-state index contributed by atoms with van der Waals surface area (Å²) in [7, 11) is -4.53. The zero-order valence-corrected chi connectivity index (χ0v) is 32.7. The molecule has 0 heterocycles. The summed E-state index contributed by atoms with van der Waals surface area (Å²) in [5.41, 5.74) is 0.178. The molecule has 0 aliphatic heterocycles. The Labute approximate surface area is 344 Å². The minimum atomic E-state index is -4.53. The number of nitro groups is 1. The molecule has 0 radical (unpaired) electrons. The smallest absolute Gasteiger partial charge is 0.506 e. The number of nitro benzene ring substituents is 1. The number of hydrogen-bond acceptors (Lipinski definition) is 11. The van der Waals surface area contributed by atoms with Crippen LogP contribution in [0.5, 0.6) is 23.0 Å². The van der Waals surface area contributed by atoms with E-state index in [2.05, 4.69) is 20.5 Å². The van der Waals surface area contributed by atoms with Gasteiger partial charge in [-0.3, -0.25) is 14.7 Å². The third kappa shape index (κ3) is 8.79. The van der Waals surface area contributed by atoms with Crippen molar-refractivity contribution >= 4 is 82.5 Å². The van der Waals surface area contributed by atoms with Gasteiger partial charge in [-0.2, -0.15) is 8.42 Å². The fourth-order valence-electron chi connectivity index (χ4n) is 5.34. The summed E-state index contributed by atoms with van der Waals surface area (Å²) in [5.74, 6) is -0.973. The van der Waals surface area contributed by atoms with Crippen LogP contribution in [0.25, 0.3) is 32.3 Å². The molecule has 0 aromatic heterocycles. The summed E-state index contributed by atoms with van der Waals surface area (Å²) in [6.45, 7) is 0. The van der Waals surface area contributed by atoms with Crippen molar-refractivity contribution in [3.63, 3.8) is 0 Å². The molecule has 0 unspecified atom stereocenters. The number of azo groups is 2. The number of hydrogen-bond donors (Lipinski definition) is 6. The number of fused-ring (bicyclic) bond motifs is 3. The Hall–Kier alpha value is -5.15. The summed E-state index contributed by atoms with van der Waals surface area (Å²) in [6, 6.07) is 30.5. The van der Waals surface area contributed by atoms with E-state index in [-0.39, 0.29) is 91.6 Å². The Balaban J connectivity index is 0.000000235. The molecule has 0 fully saturated rings. The predicted octanol–water partition coefficient (Wildman–Crippen LogP) is 5.38. The maximum atomic E-state index is 11.6. The molecular weight excluding hydrogens is 789 g/mol. The Morgan fingerprint density at radius 1 is 0.648 bits per heavy atom. The number of nitrogens with zero attached hydrogens (tertiary/aromatic N) is 4. The van der Waals surface area contributed by atoms with Crippen molar-refractivity contribution in [3.8, 4) is 23.0 Å². The summed E-state index contributed by atoms with van der Waals surface area (Å²) in [4.78, 5) is 9.67. The first kappa shape index (κ1) is 41.6. The van der Waals surface area contributed by atoms with Crippen LogP contribution in [0.15, 0.2) is 135 Å². The first-order chi connectivity index (χ1) is 24.8. The van der Waals surface area contributed by atoms with Gasteiger partial charge < -0.3 is 20.4 Å².